The number of hydrogen-bond donors (Lipinski definition) is 0. The lowest BCUT2D eigenvalue weighted by Gasteiger charge is -2.43. The zero-order chi connectivity index (χ0) is 27.8. The molecule has 2 nitrogen and oxygen atoms in total. The highest BCUT2D eigenvalue weighted by Gasteiger charge is 2.45. The summed E-state index contributed by atoms with van der Waals surface area (Å²) < 4.78 is 0. The molecule has 3 heterocycles. The highest BCUT2D eigenvalue weighted by Crippen LogP contribution is 2.46. The van der Waals surface area contributed by atoms with Crippen LogP contribution >= 0.6 is 0 Å². The molecule has 0 unspecified atom stereocenters. The molecule has 6 aromatic carbocycles. The van der Waals surface area contributed by atoms with Crippen LogP contribution in [0, 0.1) is 6.92 Å². The fraction of sp³-hybridized carbons (Fsp3) is 0.0769. The Labute approximate surface area is 247 Å². The predicted octanol–water partition coefficient (Wildman–Crippen LogP) is 7.64. The summed E-state index contributed by atoms with van der Waals surface area (Å²) in [5.74, 6) is 0. The van der Waals surface area contributed by atoms with Gasteiger partial charge in [-0.3, -0.25) is 0 Å². The number of nitrogens with zero attached hydrogens (tertiary/aromatic N) is 2. The van der Waals surface area contributed by atoms with Crippen molar-refractivity contribution in [3.05, 3.63) is 145 Å². The smallest absolute Gasteiger partial charge is 0.252 e. The third-order valence-corrected chi connectivity index (χ3v) is 9.37. The summed E-state index contributed by atoms with van der Waals surface area (Å²) in [7, 11) is 0. The standard InChI is InChI=1S/C39H29BN2/c1-26-23-36-38-37(24-26)42(30-15-9-4-10-16-30)35-25-29(27-11-5-2-6-12-27)17-19-33(35)40(38)34-20-18-31(28-13-7-3-8-14-28)32-21-22-41(36)39(32)34/h2-20,23-25H,21-22H2,1H3. The van der Waals surface area contributed by atoms with Crippen LogP contribution in [0.15, 0.2) is 133 Å². The second-order valence-electron chi connectivity index (χ2n) is 11.8. The predicted molar refractivity (Wildman–Crippen MR) is 179 cm³/mol. The molecule has 0 radical (unpaired) electrons. The normalized spacial score (nSPS) is 14.0. The fourth-order valence-corrected chi connectivity index (χ4v) is 7.64. The second-order valence-corrected chi connectivity index (χ2v) is 11.8. The molecule has 3 aliphatic heterocycles. The van der Waals surface area contributed by atoms with Crippen LogP contribution in [0.1, 0.15) is 11.1 Å². The van der Waals surface area contributed by atoms with E-state index in [0.29, 0.717) is 0 Å². The first kappa shape index (κ1) is 23.7. The lowest BCUT2D eigenvalue weighted by Crippen LogP contribution is -2.61. The maximum Gasteiger partial charge on any atom is 0.252 e. The summed E-state index contributed by atoms with van der Waals surface area (Å²) in [5, 5.41) is 0. The number of anilines is 5. The number of hydrogen-bond acceptors (Lipinski definition) is 2. The molecule has 0 aliphatic carbocycles. The molecule has 0 N–H and O–H groups in total. The van der Waals surface area contributed by atoms with E-state index in [1.807, 2.05) is 0 Å². The number of aryl methyl sites for hydroxylation is 1. The first-order valence-electron chi connectivity index (χ1n) is 14.9. The van der Waals surface area contributed by atoms with Crippen LogP contribution in [0.2, 0.25) is 0 Å². The van der Waals surface area contributed by atoms with Crippen molar-refractivity contribution >= 4 is 51.5 Å². The lowest BCUT2D eigenvalue weighted by atomic mass is 9.33. The van der Waals surface area contributed by atoms with Crippen molar-refractivity contribution in [2.24, 2.45) is 0 Å². The molecule has 6 aromatic rings. The van der Waals surface area contributed by atoms with Gasteiger partial charge in [0.05, 0.1) is 0 Å². The molecule has 0 saturated heterocycles. The van der Waals surface area contributed by atoms with Crippen LogP contribution < -0.4 is 26.2 Å². The maximum atomic E-state index is 2.62. The first-order chi connectivity index (χ1) is 20.8. The molecule has 0 bridgehead atoms. The molecule has 0 amide bonds. The van der Waals surface area contributed by atoms with Gasteiger partial charge in [-0.05, 0) is 93.4 Å². The Morgan fingerprint density at radius 3 is 2.00 bits per heavy atom. The summed E-state index contributed by atoms with van der Waals surface area (Å²) in [6.45, 7) is 3.45. The molecule has 9 rings (SSSR count). The molecule has 3 heteroatoms. The minimum absolute atomic E-state index is 0.184. The van der Waals surface area contributed by atoms with Gasteiger partial charge in [0.25, 0.3) is 6.71 Å². The average Bonchev–Trinajstić information content (AvgIpc) is 3.50. The monoisotopic (exact) mass is 536 g/mol. The van der Waals surface area contributed by atoms with Crippen molar-refractivity contribution in [1.82, 2.24) is 0 Å². The van der Waals surface area contributed by atoms with E-state index < -0.39 is 0 Å². The van der Waals surface area contributed by atoms with Gasteiger partial charge in [-0.15, -0.1) is 0 Å². The van der Waals surface area contributed by atoms with Gasteiger partial charge in [-0.1, -0.05) is 103 Å². The highest BCUT2D eigenvalue weighted by molar-refractivity contribution is 7.00. The van der Waals surface area contributed by atoms with Crippen molar-refractivity contribution < 1.29 is 0 Å². The number of para-hydroxylation sites is 1. The maximum absolute atomic E-state index is 2.62. The summed E-state index contributed by atoms with van der Waals surface area (Å²) in [6.07, 6.45) is 1.06. The van der Waals surface area contributed by atoms with Crippen LogP contribution in [-0.4, -0.2) is 13.3 Å². The number of benzene rings is 6. The van der Waals surface area contributed by atoms with Crippen molar-refractivity contribution in [3.8, 4) is 22.3 Å². The Morgan fingerprint density at radius 1 is 0.571 bits per heavy atom. The van der Waals surface area contributed by atoms with E-state index in [1.54, 1.807) is 0 Å². The van der Waals surface area contributed by atoms with E-state index in [0.717, 1.165) is 13.0 Å². The average molecular weight is 536 g/mol. The zero-order valence-electron chi connectivity index (χ0n) is 23.6. The van der Waals surface area contributed by atoms with Crippen LogP contribution in [0.5, 0.6) is 0 Å². The van der Waals surface area contributed by atoms with Gasteiger partial charge >= 0.3 is 0 Å². The minimum Gasteiger partial charge on any atom is -0.342 e. The Bertz CT molecular complexity index is 2000. The van der Waals surface area contributed by atoms with E-state index in [-0.39, 0.29) is 6.71 Å². The van der Waals surface area contributed by atoms with Crippen LogP contribution in [0.3, 0.4) is 0 Å². The van der Waals surface area contributed by atoms with Gasteiger partial charge in [-0.2, -0.15) is 0 Å². The third kappa shape index (κ3) is 3.34. The zero-order valence-corrected chi connectivity index (χ0v) is 23.6. The van der Waals surface area contributed by atoms with E-state index in [1.165, 1.54) is 78.2 Å². The summed E-state index contributed by atoms with van der Waals surface area (Å²) in [4.78, 5) is 5.12. The van der Waals surface area contributed by atoms with Crippen LogP contribution in [0.25, 0.3) is 22.3 Å². The lowest BCUT2D eigenvalue weighted by molar-refractivity contribution is 0.999. The Balaban J connectivity index is 1.34. The third-order valence-electron chi connectivity index (χ3n) is 9.37. The first-order valence-corrected chi connectivity index (χ1v) is 14.9. The fourth-order valence-electron chi connectivity index (χ4n) is 7.64. The van der Waals surface area contributed by atoms with Crippen LogP contribution in [0.4, 0.5) is 28.4 Å². The number of fused-ring (bicyclic) bond motifs is 4. The second kappa shape index (κ2) is 8.99. The summed E-state index contributed by atoms with van der Waals surface area (Å²) in [6, 6.07) is 49.3. The quantitative estimate of drug-likeness (QED) is 0.214. The van der Waals surface area contributed by atoms with Crippen molar-refractivity contribution in [2.45, 2.75) is 13.3 Å². The SMILES string of the molecule is Cc1cc2c3c(c1)N(c1ccccc1)c1cc(-c4ccccc4)ccc1B3c1ccc(-c3ccccc3)c3c1N2CC3. The molecular formula is C39H29BN2. The Morgan fingerprint density at radius 2 is 1.24 bits per heavy atom. The summed E-state index contributed by atoms with van der Waals surface area (Å²) >= 11 is 0. The number of rotatable bonds is 3. The molecule has 0 aromatic heterocycles. The topological polar surface area (TPSA) is 6.48 Å². The molecule has 0 saturated carbocycles. The minimum atomic E-state index is 0.184. The van der Waals surface area contributed by atoms with E-state index in [2.05, 4.69) is 150 Å². The molecule has 3 aliphatic rings. The van der Waals surface area contributed by atoms with E-state index in [9.17, 15) is 0 Å². The molecule has 0 atom stereocenters. The van der Waals surface area contributed by atoms with Crippen molar-refractivity contribution in [2.75, 3.05) is 16.3 Å². The molecule has 198 valence electrons. The Kier molecular flexibility index (Phi) is 5.07. The van der Waals surface area contributed by atoms with Gasteiger partial charge in [0, 0.05) is 35.0 Å². The van der Waals surface area contributed by atoms with Gasteiger partial charge < -0.3 is 9.80 Å². The van der Waals surface area contributed by atoms with Crippen LogP contribution in [-0.2, 0) is 6.42 Å². The van der Waals surface area contributed by atoms with Gasteiger partial charge in [0.15, 0.2) is 0 Å². The van der Waals surface area contributed by atoms with E-state index >= 15 is 0 Å². The largest absolute Gasteiger partial charge is 0.342 e. The van der Waals surface area contributed by atoms with Gasteiger partial charge in [0.2, 0.25) is 0 Å². The van der Waals surface area contributed by atoms with Crippen molar-refractivity contribution in [1.29, 1.82) is 0 Å². The molecular weight excluding hydrogens is 507 g/mol. The Hall–Kier alpha value is -5.02. The van der Waals surface area contributed by atoms with Crippen molar-refractivity contribution in [3.63, 3.8) is 0 Å². The molecule has 42 heavy (non-hydrogen) atoms. The molecule has 0 spiro atoms. The van der Waals surface area contributed by atoms with E-state index in [4.69, 9.17) is 0 Å². The van der Waals surface area contributed by atoms with Gasteiger partial charge in [-0.25, -0.2) is 0 Å². The molecule has 0 fully saturated rings. The highest BCUT2D eigenvalue weighted by atomic mass is 15.2. The van der Waals surface area contributed by atoms with Gasteiger partial charge in [0.1, 0.15) is 0 Å². The summed E-state index contributed by atoms with van der Waals surface area (Å²) in [5.41, 5.74) is 18.7.